The summed E-state index contributed by atoms with van der Waals surface area (Å²) in [5.74, 6) is -0.743. The smallest absolute Gasteiger partial charge is 0.347 e. The lowest BCUT2D eigenvalue weighted by atomic mass is 10.1. The molecule has 0 bridgehead atoms. The summed E-state index contributed by atoms with van der Waals surface area (Å²) in [5, 5.41) is 21.6. The number of rotatable bonds is 7. The first kappa shape index (κ1) is 17.5. The molecule has 0 radical (unpaired) electrons. The van der Waals surface area contributed by atoms with Gasteiger partial charge in [-0.3, -0.25) is 20.2 Å². The van der Waals surface area contributed by atoms with E-state index in [-0.39, 0.29) is 11.5 Å². The molecule has 0 aliphatic rings. The Labute approximate surface area is 126 Å². The summed E-state index contributed by atoms with van der Waals surface area (Å²) in [4.78, 5) is 31.9. The van der Waals surface area contributed by atoms with Crippen LogP contribution in [-0.2, 0) is 9.47 Å². The summed E-state index contributed by atoms with van der Waals surface area (Å²) in [7, 11) is 0. The minimum absolute atomic E-state index is 0.231. The molecule has 120 valence electrons. The van der Waals surface area contributed by atoms with Crippen LogP contribution >= 0.6 is 0 Å². The van der Waals surface area contributed by atoms with E-state index in [1.165, 1.54) is 6.92 Å². The molecule has 9 nitrogen and oxygen atoms in total. The summed E-state index contributed by atoms with van der Waals surface area (Å²) < 4.78 is 10.2. The Morgan fingerprint density at radius 1 is 1.18 bits per heavy atom. The number of nitro groups is 2. The molecule has 1 unspecified atom stereocenters. The number of esters is 1. The standard InChI is InChI=1S/C13H16N2O7/c1-8(2)7-21-9(3)22-13(16)11-5-4-10(14(17)18)6-12(11)15(19)20/h4-6,8-9H,7H2,1-3H3. The molecular weight excluding hydrogens is 296 g/mol. The molecule has 9 heteroatoms. The number of nitrogens with zero attached hydrogens (tertiary/aromatic N) is 2. The molecule has 0 aliphatic heterocycles. The summed E-state index contributed by atoms with van der Waals surface area (Å²) in [6.45, 7) is 5.67. The highest BCUT2D eigenvalue weighted by atomic mass is 16.7. The molecule has 22 heavy (non-hydrogen) atoms. The van der Waals surface area contributed by atoms with Gasteiger partial charge < -0.3 is 9.47 Å². The van der Waals surface area contributed by atoms with Crippen LogP contribution in [0.2, 0.25) is 0 Å². The Balaban J connectivity index is 2.93. The lowest BCUT2D eigenvalue weighted by Crippen LogP contribution is -2.21. The van der Waals surface area contributed by atoms with Crippen LogP contribution in [0.5, 0.6) is 0 Å². The topological polar surface area (TPSA) is 122 Å². The molecule has 1 aromatic rings. The van der Waals surface area contributed by atoms with E-state index in [9.17, 15) is 25.0 Å². The maximum Gasteiger partial charge on any atom is 0.347 e. The van der Waals surface area contributed by atoms with Crippen LogP contribution in [0.4, 0.5) is 11.4 Å². The van der Waals surface area contributed by atoms with Crippen LogP contribution < -0.4 is 0 Å². The Bertz CT molecular complexity index is 586. The van der Waals surface area contributed by atoms with Gasteiger partial charge in [0.2, 0.25) is 6.29 Å². The molecule has 0 N–H and O–H groups in total. The summed E-state index contributed by atoms with van der Waals surface area (Å²) in [6.07, 6.45) is -0.885. The second kappa shape index (κ2) is 7.46. The predicted molar refractivity (Wildman–Crippen MR) is 75.4 cm³/mol. The van der Waals surface area contributed by atoms with E-state index >= 15 is 0 Å². The normalized spacial score (nSPS) is 12.0. The van der Waals surface area contributed by atoms with Crippen molar-refractivity contribution in [3.63, 3.8) is 0 Å². The van der Waals surface area contributed by atoms with Crippen molar-refractivity contribution in [3.05, 3.63) is 44.0 Å². The predicted octanol–water partition coefficient (Wildman–Crippen LogP) is 2.68. The van der Waals surface area contributed by atoms with E-state index in [1.54, 1.807) is 0 Å². The Morgan fingerprint density at radius 3 is 2.32 bits per heavy atom. The number of non-ortho nitro benzene ring substituents is 1. The van der Waals surface area contributed by atoms with Gasteiger partial charge in [0, 0.05) is 6.07 Å². The highest BCUT2D eigenvalue weighted by Gasteiger charge is 2.26. The first-order valence-electron chi connectivity index (χ1n) is 6.47. The maximum absolute atomic E-state index is 11.9. The van der Waals surface area contributed by atoms with Gasteiger partial charge in [-0.15, -0.1) is 0 Å². The van der Waals surface area contributed by atoms with Crippen molar-refractivity contribution in [2.24, 2.45) is 5.92 Å². The van der Waals surface area contributed by atoms with Gasteiger partial charge in [0.25, 0.3) is 11.4 Å². The van der Waals surface area contributed by atoms with Gasteiger partial charge in [-0.05, 0) is 18.9 Å². The van der Waals surface area contributed by atoms with E-state index in [2.05, 4.69) is 0 Å². The molecule has 0 aliphatic carbocycles. The number of benzene rings is 1. The lowest BCUT2D eigenvalue weighted by molar-refractivity contribution is -0.394. The molecule has 0 fully saturated rings. The maximum atomic E-state index is 11.9. The molecule has 0 amide bonds. The summed E-state index contributed by atoms with van der Waals surface area (Å²) >= 11 is 0. The van der Waals surface area contributed by atoms with Crippen molar-refractivity contribution in [2.45, 2.75) is 27.1 Å². The average molecular weight is 312 g/mol. The fourth-order valence-electron chi connectivity index (χ4n) is 1.53. The van der Waals surface area contributed by atoms with Crippen LogP contribution in [0, 0.1) is 26.1 Å². The molecule has 0 saturated heterocycles. The van der Waals surface area contributed by atoms with E-state index in [0.717, 1.165) is 18.2 Å². The van der Waals surface area contributed by atoms with E-state index in [1.807, 2.05) is 13.8 Å². The molecular formula is C13H16N2O7. The quantitative estimate of drug-likeness (QED) is 0.328. The van der Waals surface area contributed by atoms with Crippen LogP contribution in [0.1, 0.15) is 31.1 Å². The van der Waals surface area contributed by atoms with Crippen molar-refractivity contribution in [2.75, 3.05) is 6.61 Å². The van der Waals surface area contributed by atoms with E-state index in [0.29, 0.717) is 6.61 Å². The van der Waals surface area contributed by atoms with Gasteiger partial charge in [0.1, 0.15) is 5.56 Å². The fraction of sp³-hybridized carbons (Fsp3) is 0.462. The monoisotopic (exact) mass is 312 g/mol. The van der Waals surface area contributed by atoms with Crippen LogP contribution in [0.15, 0.2) is 18.2 Å². The molecule has 1 atom stereocenters. The van der Waals surface area contributed by atoms with Gasteiger partial charge in [-0.2, -0.15) is 0 Å². The molecule has 0 aromatic heterocycles. The largest absolute Gasteiger partial charge is 0.432 e. The van der Waals surface area contributed by atoms with Crippen LogP contribution in [0.25, 0.3) is 0 Å². The third-order valence-electron chi connectivity index (χ3n) is 2.55. The third kappa shape index (κ3) is 4.77. The van der Waals surface area contributed by atoms with Crippen molar-refractivity contribution in [3.8, 4) is 0 Å². The zero-order valence-corrected chi connectivity index (χ0v) is 12.3. The number of carbonyl (C=O) groups is 1. The number of hydrogen-bond donors (Lipinski definition) is 0. The number of ether oxygens (including phenoxy) is 2. The van der Waals surface area contributed by atoms with Crippen LogP contribution in [0.3, 0.4) is 0 Å². The lowest BCUT2D eigenvalue weighted by Gasteiger charge is -2.15. The molecule has 0 heterocycles. The minimum atomic E-state index is -0.974. The first-order valence-corrected chi connectivity index (χ1v) is 6.47. The van der Waals surface area contributed by atoms with Gasteiger partial charge in [-0.1, -0.05) is 13.8 Å². The number of nitro benzene ring substituents is 2. The number of carbonyl (C=O) groups excluding carboxylic acids is 1. The minimum Gasteiger partial charge on any atom is -0.432 e. The van der Waals surface area contributed by atoms with E-state index < -0.39 is 33.5 Å². The molecule has 0 saturated carbocycles. The second-order valence-electron chi connectivity index (χ2n) is 4.92. The molecule has 1 aromatic carbocycles. The zero-order valence-electron chi connectivity index (χ0n) is 12.3. The van der Waals surface area contributed by atoms with Gasteiger partial charge in [-0.25, -0.2) is 4.79 Å². The fourth-order valence-corrected chi connectivity index (χ4v) is 1.53. The van der Waals surface area contributed by atoms with Crippen molar-refractivity contribution in [1.29, 1.82) is 0 Å². The Morgan fingerprint density at radius 2 is 1.82 bits per heavy atom. The third-order valence-corrected chi connectivity index (χ3v) is 2.55. The molecule has 1 rings (SSSR count). The van der Waals surface area contributed by atoms with Crippen molar-refractivity contribution in [1.82, 2.24) is 0 Å². The highest BCUT2D eigenvalue weighted by molar-refractivity contribution is 5.94. The first-order chi connectivity index (χ1) is 10.2. The van der Waals surface area contributed by atoms with Gasteiger partial charge in [0.15, 0.2) is 0 Å². The van der Waals surface area contributed by atoms with Gasteiger partial charge in [0.05, 0.1) is 22.5 Å². The molecule has 0 spiro atoms. The number of hydrogen-bond acceptors (Lipinski definition) is 7. The highest BCUT2D eigenvalue weighted by Crippen LogP contribution is 2.25. The summed E-state index contributed by atoms with van der Waals surface area (Å²) in [6, 6.07) is 2.72. The van der Waals surface area contributed by atoms with Crippen molar-refractivity contribution >= 4 is 17.3 Å². The van der Waals surface area contributed by atoms with E-state index in [4.69, 9.17) is 9.47 Å². The van der Waals surface area contributed by atoms with Gasteiger partial charge >= 0.3 is 5.97 Å². The Hall–Kier alpha value is -2.55. The SMILES string of the molecule is CC(C)COC(C)OC(=O)c1ccc([N+](=O)[O-])cc1[N+](=O)[O-]. The summed E-state index contributed by atoms with van der Waals surface area (Å²) in [5.41, 5.74) is -1.53. The zero-order chi connectivity index (χ0) is 16.9. The average Bonchev–Trinajstić information content (AvgIpc) is 2.44. The van der Waals surface area contributed by atoms with Crippen molar-refractivity contribution < 1.29 is 24.1 Å². The second-order valence-corrected chi connectivity index (χ2v) is 4.92. The Kier molecular flexibility index (Phi) is 5.93. The van der Waals surface area contributed by atoms with Crippen LogP contribution in [-0.4, -0.2) is 28.7 Å².